The van der Waals surface area contributed by atoms with Crippen molar-refractivity contribution >= 4 is 28.6 Å². The highest BCUT2D eigenvalue weighted by molar-refractivity contribution is 5.98. The number of hydrogen-bond donors (Lipinski definition) is 1. The average Bonchev–Trinajstić information content (AvgIpc) is 3.50. The molecule has 1 aliphatic heterocycles. The van der Waals surface area contributed by atoms with Gasteiger partial charge in [0.1, 0.15) is 5.75 Å². The number of carbonyl (C=O) groups is 1. The lowest BCUT2D eigenvalue weighted by Crippen LogP contribution is -2.37. The number of carbonyl (C=O) groups excluding carboxylic acids is 1. The van der Waals surface area contributed by atoms with Crippen molar-refractivity contribution < 1.29 is 27.4 Å². The maximum Gasteiger partial charge on any atom is 0.573 e. The number of benzene rings is 2. The predicted molar refractivity (Wildman–Crippen MR) is 143 cm³/mol. The lowest BCUT2D eigenvalue weighted by atomic mass is 9.70. The van der Waals surface area contributed by atoms with E-state index in [1.807, 2.05) is 18.2 Å². The van der Waals surface area contributed by atoms with Crippen LogP contribution in [0.1, 0.15) is 62.9 Å². The van der Waals surface area contributed by atoms with E-state index in [2.05, 4.69) is 35.4 Å². The molecule has 3 atom stereocenters. The summed E-state index contributed by atoms with van der Waals surface area (Å²) in [6.07, 6.45) is -0.861. The van der Waals surface area contributed by atoms with Crippen molar-refractivity contribution in [3.05, 3.63) is 48.0 Å². The molecule has 3 aromatic rings. The molecule has 1 amide bonds. The molecule has 2 aromatic carbocycles. The van der Waals surface area contributed by atoms with Gasteiger partial charge in [0.25, 0.3) is 5.91 Å². The lowest BCUT2D eigenvalue weighted by Gasteiger charge is -2.40. The van der Waals surface area contributed by atoms with Crippen LogP contribution in [0, 0.1) is 11.3 Å². The largest absolute Gasteiger partial charge is 0.573 e. The third-order valence-electron chi connectivity index (χ3n) is 7.78. The number of rotatable bonds is 6. The van der Waals surface area contributed by atoms with Gasteiger partial charge in [0.2, 0.25) is 5.95 Å². The number of imidazole rings is 1. The molecule has 1 saturated carbocycles. The number of alkyl halides is 3. The van der Waals surface area contributed by atoms with Gasteiger partial charge in [0, 0.05) is 30.9 Å². The average molecular weight is 545 g/mol. The van der Waals surface area contributed by atoms with E-state index in [0.29, 0.717) is 41.8 Å². The molecule has 7 nitrogen and oxygen atoms in total. The SMILES string of the molecule is C[C@H]1C[C@@H](n2c(Nc3ccc(OC(F)(F)F)cc3)nc3cc(C(=O)N(C)C4CCOC4)ccc32)CC(C)(C)C1. The normalized spacial score (nSPS) is 23.1. The van der Waals surface area contributed by atoms with Crippen LogP contribution in [0.25, 0.3) is 11.0 Å². The zero-order valence-corrected chi connectivity index (χ0v) is 22.7. The van der Waals surface area contributed by atoms with E-state index in [4.69, 9.17) is 9.72 Å². The maximum atomic E-state index is 13.2. The Balaban J connectivity index is 1.50. The molecule has 2 aliphatic rings. The first-order valence-corrected chi connectivity index (χ1v) is 13.4. The predicted octanol–water partition coefficient (Wildman–Crippen LogP) is 6.93. The molecule has 39 heavy (non-hydrogen) atoms. The van der Waals surface area contributed by atoms with Crippen LogP contribution in [0.5, 0.6) is 5.75 Å². The number of ether oxygens (including phenoxy) is 2. The first-order chi connectivity index (χ1) is 18.4. The summed E-state index contributed by atoms with van der Waals surface area (Å²) in [6.45, 7) is 8.01. The Morgan fingerprint density at radius 1 is 1.18 bits per heavy atom. The van der Waals surface area contributed by atoms with Crippen molar-refractivity contribution in [1.82, 2.24) is 14.5 Å². The molecule has 1 N–H and O–H groups in total. The van der Waals surface area contributed by atoms with Gasteiger partial charge in [-0.3, -0.25) is 4.79 Å². The molecule has 1 saturated heterocycles. The minimum Gasteiger partial charge on any atom is -0.406 e. The molecule has 210 valence electrons. The summed E-state index contributed by atoms with van der Waals surface area (Å²) >= 11 is 0. The highest BCUT2D eigenvalue weighted by Crippen LogP contribution is 2.46. The van der Waals surface area contributed by atoms with Crippen molar-refractivity contribution in [3.8, 4) is 5.75 Å². The summed E-state index contributed by atoms with van der Waals surface area (Å²) in [5.41, 5.74) is 2.88. The van der Waals surface area contributed by atoms with Gasteiger partial charge in [-0.25, -0.2) is 4.98 Å². The summed E-state index contributed by atoms with van der Waals surface area (Å²) < 4.78 is 49.5. The van der Waals surface area contributed by atoms with Crippen molar-refractivity contribution in [2.45, 2.75) is 64.9 Å². The fraction of sp³-hybridized carbons (Fsp3) is 0.517. The lowest BCUT2D eigenvalue weighted by molar-refractivity contribution is -0.274. The maximum absolute atomic E-state index is 13.2. The zero-order valence-electron chi connectivity index (χ0n) is 22.7. The Labute approximate surface area is 226 Å². The summed E-state index contributed by atoms with van der Waals surface area (Å²) in [7, 11) is 1.80. The highest BCUT2D eigenvalue weighted by Gasteiger charge is 2.35. The van der Waals surface area contributed by atoms with Gasteiger partial charge in [-0.15, -0.1) is 13.2 Å². The third kappa shape index (κ3) is 6.16. The Bertz CT molecular complexity index is 1330. The molecule has 0 radical (unpaired) electrons. The van der Waals surface area contributed by atoms with E-state index >= 15 is 0 Å². The van der Waals surface area contributed by atoms with Crippen molar-refractivity contribution in [3.63, 3.8) is 0 Å². The molecule has 0 spiro atoms. The van der Waals surface area contributed by atoms with Crippen LogP contribution in [0.15, 0.2) is 42.5 Å². The third-order valence-corrected chi connectivity index (χ3v) is 7.78. The molecule has 2 fully saturated rings. The Hall–Kier alpha value is -3.27. The first kappa shape index (κ1) is 27.3. The quantitative estimate of drug-likeness (QED) is 0.365. The minimum absolute atomic E-state index is 0.0539. The summed E-state index contributed by atoms with van der Waals surface area (Å²) in [5, 5.41) is 3.31. The van der Waals surface area contributed by atoms with Gasteiger partial charge in [-0.1, -0.05) is 20.8 Å². The van der Waals surface area contributed by atoms with Gasteiger partial charge in [-0.2, -0.15) is 0 Å². The van der Waals surface area contributed by atoms with Crippen LogP contribution < -0.4 is 10.1 Å². The topological polar surface area (TPSA) is 68.6 Å². The van der Waals surface area contributed by atoms with Gasteiger partial charge in [0.05, 0.1) is 23.7 Å². The van der Waals surface area contributed by atoms with Crippen molar-refractivity contribution in [2.24, 2.45) is 11.3 Å². The number of fused-ring (bicyclic) bond motifs is 1. The number of anilines is 2. The monoisotopic (exact) mass is 544 g/mol. The van der Waals surface area contributed by atoms with Gasteiger partial charge < -0.3 is 24.3 Å². The molecular formula is C29H35F3N4O3. The Morgan fingerprint density at radius 3 is 2.56 bits per heavy atom. The number of nitrogens with zero attached hydrogens (tertiary/aromatic N) is 3. The first-order valence-electron chi connectivity index (χ1n) is 13.4. The van der Waals surface area contributed by atoms with E-state index in [1.54, 1.807) is 11.9 Å². The highest BCUT2D eigenvalue weighted by atomic mass is 19.4. The summed E-state index contributed by atoms with van der Waals surface area (Å²) in [5.74, 6) is 0.742. The standard InChI is InChI=1S/C29H35F3N4O3/c1-18-13-22(16-28(2,3)15-18)36-25-10-5-19(26(37)35(4)21-11-12-38-17-21)14-24(25)34-27(36)33-20-6-8-23(9-7-20)39-29(30,31)32/h5-10,14,18,21-22H,11-13,15-17H2,1-4H3,(H,33,34)/t18-,21?,22+/m0/s1. The van der Waals surface area contributed by atoms with E-state index in [0.717, 1.165) is 31.2 Å². The molecule has 0 bridgehead atoms. The van der Waals surface area contributed by atoms with Crippen LogP contribution in [-0.4, -0.2) is 53.0 Å². The smallest absolute Gasteiger partial charge is 0.406 e. The van der Waals surface area contributed by atoms with Gasteiger partial charge in [-0.05, 0) is 79.5 Å². The molecule has 1 aromatic heterocycles. The van der Waals surface area contributed by atoms with Crippen LogP contribution >= 0.6 is 0 Å². The fourth-order valence-electron chi connectivity index (χ4n) is 6.25. The molecule has 10 heteroatoms. The molecule has 2 heterocycles. The molecule has 5 rings (SSSR count). The zero-order chi connectivity index (χ0) is 27.9. The molecule has 1 unspecified atom stereocenters. The number of likely N-dealkylation sites (N-methyl/N-ethyl adjacent to an activating group) is 1. The number of amides is 1. The number of aromatic nitrogens is 2. The van der Waals surface area contributed by atoms with E-state index < -0.39 is 6.36 Å². The Morgan fingerprint density at radius 2 is 1.92 bits per heavy atom. The number of nitrogens with one attached hydrogen (secondary N) is 1. The van der Waals surface area contributed by atoms with Crippen LogP contribution in [-0.2, 0) is 4.74 Å². The second kappa shape index (κ2) is 10.4. The minimum atomic E-state index is -4.75. The van der Waals surface area contributed by atoms with E-state index in [1.165, 1.54) is 24.3 Å². The fourth-order valence-corrected chi connectivity index (χ4v) is 6.25. The van der Waals surface area contributed by atoms with Crippen LogP contribution in [0.4, 0.5) is 24.8 Å². The second-order valence-corrected chi connectivity index (χ2v) is 11.7. The second-order valence-electron chi connectivity index (χ2n) is 11.7. The summed E-state index contributed by atoms with van der Waals surface area (Å²) in [4.78, 5) is 19.9. The van der Waals surface area contributed by atoms with Crippen LogP contribution in [0.3, 0.4) is 0 Å². The van der Waals surface area contributed by atoms with Gasteiger partial charge >= 0.3 is 6.36 Å². The van der Waals surface area contributed by atoms with Crippen LogP contribution in [0.2, 0.25) is 0 Å². The van der Waals surface area contributed by atoms with Crippen molar-refractivity contribution in [1.29, 1.82) is 0 Å². The summed E-state index contributed by atoms with van der Waals surface area (Å²) in [6, 6.07) is 11.5. The van der Waals surface area contributed by atoms with E-state index in [9.17, 15) is 18.0 Å². The molecular weight excluding hydrogens is 509 g/mol. The number of hydrogen-bond acceptors (Lipinski definition) is 5. The molecule has 1 aliphatic carbocycles. The number of halogens is 3. The van der Waals surface area contributed by atoms with Crippen molar-refractivity contribution in [2.75, 3.05) is 25.6 Å². The van der Waals surface area contributed by atoms with E-state index in [-0.39, 0.29) is 29.2 Å². The van der Waals surface area contributed by atoms with Gasteiger partial charge in [0.15, 0.2) is 0 Å². The Kier molecular flexibility index (Phi) is 7.26.